The molecule has 0 radical (unpaired) electrons. The predicted molar refractivity (Wildman–Crippen MR) is 94.3 cm³/mol. The van der Waals surface area contributed by atoms with Crippen LogP contribution in [0.5, 0.6) is 0 Å². The van der Waals surface area contributed by atoms with Crippen LogP contribution in [-0.2, 0) is 4.79 Å². The number of hydrogen-bond donors (Lipinski definition) is 2. The van der Waals surface area contributed by atoms with Gasteiger partial charge >= 0.3 is 0 Å². The van der Waals surface area contributed by atoms with Crippen LogP contribution in [-0.4, -0.2) is 17.6 Å². The molecule has 1 aromatic carbocycles. The Hall–Kier alpha value is -1.31. The second-order valence-electron chi connectivity index (χ2n) is 4.66. The van der Waals surface area contributed by atoms with E-state index in [4.69, 9.17) is 0 Å². The normalized spacial score (nSPS) is 10.3. The van der Waals surface area contributed by atoms with Crippen LogP contribution in [0.25, 0.3) is 0 Å². The zero-order valence-electron chi connectivity index (χ0n) is 12.1. The monoisotopic (exact) mass is 398 g/mol. The molecule has 0 bridgehead atoms. The summed E-state index contributed by atoms with van der Waals surface area (Å²) in [5.41, 5.74) is 7.13. The number of carbonyl (C=O) groups excluding carboxylic acids is 2. The summed E-state index contributed by atoms with van der Waals surface area (Å²) in [6.07, 6.45) is 0. The summed E-state index contributed by atoms with van der Waals surface area (Å²) in [4.78, 5) is 25.2. The van der Waals surface area contributed by atoms with E-state index in [9.17, 15) is 9.59 Å². The highest BCUT2D eigenvalue weighted by molar-refractivity contribution is 9.11. The highest BCUT2D eigenvalue weighted by atomic mass is 79.9. The van der Waals surface area contributed by atoms with Crippen LogP contribution in [0, 0.1) is 13.8 Å². The molecule has 7 heteroatoms. The van der Waals surface area contributed by atoms with Gasteiger partial charge in [0.15, 0.2) is 0 Å². The Labute approximate surface area is 145 Å². The van der Waals surface area contributed by atoms with Crippen molar-refractivity contribution in [3.63, 3.8) is 0 Å². The molecular weight excluding hydrogens is 384 g/mol. The highest BCUT2D eigenvalue weighted by Crippen LogP contribution is 2.23. The van der Waals surface area contributed by atoms with Crippen molar-refractivity contribution in [1.82, 2.24) is 10.9 Å². The lowest BCUT2D eigenvalue weighted by molar-refractivity contribution is -0.119. The third kappa shape index (κ3) is 4.86. The molecule has 1 heterocycles. The van der Waals surface area contributed by atoms with Gasteiger partial charge < -0.3 is 0 Å². The van der Waals surface area contributed by atoms with Crippen molar-refractivity contribution in [3.05, 3.63) is 50.1 Å². The third-order valence-electron chi connectivity index (χ3n) is 2.81. The van der Waals surface area contributed by atoms with Crippen LogP contribution in [0.15, 0.2) is 39.0 Å². The van der Waals surface area contributed by atoms with Gasteiger partial charge in [-0.1, -0.05) is 17.7 Å². The smallest absolute Gasteiger partial charge is 0.272 e. The van der Waals surface area contributed by atoms with Gasteiger partial charge in [0.25, 0.3) is 5.91 Å². The number of hydrazine groups is 1. The van der Waals surface area contributed by atoms with Crippen molar-refractivity contribution in [2.24, 2.45) is 0 Å². The zero-order chi connectivity index (χ0) is 16.1. The Morgan fingerprint density at radius 3 is 2.64 bits per heavy atom. The number of thiophene rings is 1. The number of carbonyl (C=O) groups is 2. The van der Waals surface area contributed by atoms with Crippen LogP contribution in [0.2, 0.25) is 0 Å². The summed E-state index contributed by atoms with van der Waals surface area (Å²) in [5, 5.41) is 0. The van der Waals surface area contributed by atoms with E-state index in [2.05, 4.69) is 32.8 Å². The molecule has 0 aliphatic carbocycles. The van der Waals surface area contributed by atoms with Crippen molar-refractivity contribution in [2.45, 2.75) is 18.7 Å². The molecule has 0 atom stereocenters. The van der Waals surface area contributed by atoms with Crippen molar-refractivity contribution < 1.29 is 9.59 Å². The molecule has 1 aromatic heterocycles. The summed E-state index contributed by atoms with van der Waals surface area (Å²) >= 11 is 6.05. The van der Waals surface area contributed by atoms with E-state index in [0.29, 0.717) is 4.88 Å². The molecule has 0 aliphatic heterocycles. The second kappa shape index (κ2) is 7.80. The topological polar surface area (TPSA) is 58.2 Å². The Balaban J connectivity index is 1.81. The first-order valence-electron chi connectivity index (χ1n) is 6.50. The average Bonchev–Trinajstić information content (AvgIpc) is 2.92. The highest BCUT2D eigenvalue weighted by Gasteiger charge is 2.10. The summed E-state index contributed by atoms with van der Waals surface area (Å²) < 4.78 is 0.870. The molecule has 0 saturated heterocycles. The standard InChI is InChI=1S/C15H15BrN2O2S2/c1-9-3-4-10(2)12(7-9)21-8-14(19)17-18-15(20)11-5-6-13(16)22-11/h3-7H,8H2,1-2H3,(H,17,19)(H,18,20). The Kier molecular flexibility index (Phi) is 6.05. The lowest BCUT2D eigenvalue weighted by Crippen LogP contribution is -2.42. The quantitative estimate of drug-likeness (QED) is 0.609. The third-order valence-corrected chi connectivity index (χ3v) is 5.59. The van der Waals surface area contributed by atoms with E-state index in [0.717, 1.165) is 19.8 Å². The van der Waals surface area contributed by atoms with Crippen molar-refractivity contribution in [1.29, 1.82) is 0 Å². The Morgan fingerprint density at radius 2 is 1.95 bits per heavy atom. The molecule has 0 aliphatic rings. The van der Waals surface area contributed by atoms with Gasteiger partial charge in [0.05, 0.1) is 14.4 Å². The number of rotatable bonds is 4. The SMILES string of the molecule is Cc1ccc(C)c(SCC(=O)NNC(=O)c2ccc(Br)s2)c1. The van der Waals surface area contributed by atoms with E-state index >= 15 is 0 Å². The van der Waals surface area contributed by atoms with Crippen LogP contribution in [0.3, 0.4) is 0 Å². The predicted octanol–water partition coefficient (Wildman–Crippen LogP) is 3.68. The molecule has 2 rings (SSSR count). The number of thioether (sulfide) groups is 1. The molecule has 0 spiro atoms. The fourth-order valence-corrected chi connectivity index (χ4v) is 3.87. The summed E-state index contributed by atoms with van der Waals surface area (Å²) in [5.74, 6) is -0.311. The number of hydrogen-bond acceptors (Lipinski definition) is 4. The van der Waals surface area contributed by atoms with E-state index in [1.165, 1.54) is 23.1 Å². The number of aryl methyl sites for hydroxylation is 2. The molecule has 2 aromatic rings. The van der Waals surface area contributed by atoms with Crippen molar-refractivity contribution in [3.8, 4) is 0 Å². The number of nitrogens with one attached hydrogen (secondary N) is 2. The number of benzene rings is 1. The molecule has 2 N–H and O–H groups in total. The lowest BCUT2D eigenvalue weighted by atomic mass is 10.2. The van der Waals surface area contributed by atoms with E-state index < -0.39 is 0 Å². The molecule has 22 heavy (non-hydrogen) atoms. The maximum atomic E-state index is 11.8. The molecular formula is C15H15BrN2O2S2. The van der Waals surface area contributed by atoms with Crippen molar-refractivity contribution in [2.75, 3.05) is 5.75 Å². The Morgan fingerprint density at radius 1 is 1.18 bits per heavy atom. The second-order valence-corrected chi connectivity index (χ2v) is 8.14. The first-order chi connectivity index (χ1) is 10.5. The van der Waals surface area contributed by atoms with Crippen LogP contribution >= 0.6 is 39.0 Å². The zero-order valence-corrected chi connectivity index (χ0v) is 15.3. The van der Waals surface area contributed by atoms with Gasteiger partial charge in [-0.3, -0.25) is 20.4 Å². The van der Waals surface area contributed by atoms with Gasteiger partial charge in [-0.15, -0.1) is 23.1 Å². The molecule has 0 unspecified atom stereocenters. The average molecular weight is 399 g/mol. The van der Waals surface area contributed by atoms with Crippen LogP contribution in [0.4, 0.5) is 0 Å². The van der Waals surface area contributed by atoms with E-state index in [1.807, 2.05) is 26.0 Å². The van der Waals surface area contributed by atoms with Gasteiger partial charge in [0, 0.05) is 4.90 Å². The molecule has 2 amide bonds. The van der Waals surface area contributed by atoms with E-state index in [-0.39, 0.29) is 17.6 Å². The van der Waals surface area contributed by atoms with Gasteiger partial charge in [-0.05, 0) is 53.5 Å². The van der Waals surface area contributed by atoms with Gasteiger partial charge in [-0.25, -0.2) is 0 Å². The molecule has 116 valence electrons. The lowest BCUT2D eigenvalue weighted by Gasteiger charge is -2.08. The largest absolute Gasteiger partial charge is 0.279 e. The molecule has 0 saturated carbocycles. The van der Waals surface area contributed by atoms with Crippen LogP contribution < -0.4 is 10.9 Å². The number of amides is 2. The first-order valence-corrected chi connectivity index (χ1v) is 9.10. The fraction of sp³-hybridized carbons (Fsp3) is 0.200. The summed E-state index contributed by atoms with van der Waals surface area (Å²) in [6.45, 7) is 4.03. The maximum Gasteiger partial charge on any atom is 0.279 e. The first kappa shape index (κ1) is 17.1. The summed E-state index contributed by atoms with van der Waals surface area (Å²) in [6, 6.07) is 9.61. The van der Waals surface area contributed by atoms with Gasteiger partial charge in [-0.2, -0.15) is 0 Å². The minimum atomic E-state index is -0.319. The van der Waals surface area contributed by atoms with E-state index in [1.54, 1.807) is 12.1 Å². The minimum absolute atomic E-state index is 0.241. The molecule has 0 fully saturated rings. The fourth-order valence-electron chi connectivity index (χ4n) is 1.67. The van der Waals surface area contributed by atoms with Crippen LogP contribution in [0.1, 0.15) is 20.8 Å². The maximum absolute atomic E-state index is 11.8. The van der Waals surface area contributed by atoms with Gasteiger partial charge in [0.2, 0.25) is 5.91 Å². The van der Waals surface area contributed by atoms with Crippen molar-refractivity contribution >= 4 is 50.8 Å². The minimum Gasteiger partial charge on any atom is -0.272 e. The molecule has 4 nitrogen and oxygen atoms in total. The van der Waals surface area contributed by atoms with Gasteiger partial charge in [0.1, 0.15) is 0 Å². The summed E-state index contributed by atoms with van der Waals surface area (Å²) in [7, 11) is 0. The Bertz CT molecular complexity index is 701. The number of halogens is 1.